The quantitative estimate of drug-likeness (QED) is 0.461. The van der Waals surface area contributed by atoms with Crippen LogP contribution in [0.3, 0.4) is 0 Å². The van der Waals surface area contributed by atoms with Crippen molar-refractivity contribution in [1.82, 2.24) is 0 Å². The van der Waals surface area contributed by atoms with Crippen LogP contribution in [-0.4, -0.2) is 18.4 Å². The molecule has 0 bridgehead atoms. The van der Waals surface area contributed by atoms with Gasteiger partial charge in [-0.15, -0.1) is 0 Å². The Balaban J connectivity index is 2.52. The number of esters is 1. The van der Waals surface area contributed by atoms with Crippen molar-refractivity contribution in [2.24, 2.45) is 11.8 Å². The van der Waals surface area contributed by atoms with Crippen molar-refractivity contribution in [3.63, 3.8) is 0 Å². The zero-order valence-electron chi connectivity index (χ0n) is 7.50. The molecule has 0 saturated heterocycles. The van der Waals surface area contributed by atoms with Crippen LogP contribution in [0.4, 0.5) is 0 Å². The number of rotatable bonds is 2. The largest absolute Gasteiger partial charge is 0.465 e. The fraction of sp³-hybridized carbons (Fsp3) is 0.778. The molecule has 0 radical (unpaired) electrons. The highest BCUT2D eigenvalue weighted by molar-refractivity contribution is 6.00. The molecule has 0 aromatic rings. The van der Waals surface area contributed by atoms with Crippen LogP contribution in [0, 0.1) is 11.8 Å². The third-order valence-corrected chi connectivity index (χ3v) is 2.15. The topological polar surface area (TPSA) is 43.4 Å². The molecule has 12 heavy (non-hydrogen) atoms. The van der Waals surface area contributed by atoms with Gasteiger partial charge in [0.2, 0.25) is 0 Å². The van der Waals surface area contributed by atoms with Gasteiger partial charge in [0.05, 0.1) is 6.61 Å². The zero-order valence-corrected chi connectivity index (χ0v) is 7.50. The van der Waals surface area contributed by atoms with E-state index >= 15 is 0 Å². The van der Waals surface area contributed by atoms with Crippen LogP contribution >= 0.6 is 0 Å². The lowest BCUT2D eigenvalue weighted by atomic mass is 10.1. The Morgan fingerprint density at radius 2 is 2.33 bits per heavy atom. The van der Waals surface area contributed by atoms with E-state index in [2.05, 4.69) is 0 Å². The third kappa shape index (κ3) is 1.84. The average molecular weight is 170 g/mol. The fourth-order valence-electron chi connectivity index (χ4n) is 1.57. The van der Waals surface area contributed by atoms with Gasteiger partial charge < -0.3 is 4.74 Å². The lowest BCUT2D eigenvalue weighted by Gasteiger charge is -2.06. The minimum absolute atomic E-state index is 0.0425. The normalized spacial score (nSPS) is 29.0. The maximum absolute atomic E-state index is 11.2. The van der Waals surface area contributed by atoms with Crippen LogP contribution in [0.2, 0.25) is 0 Å². The number of ketones is 1. The fourth-order valence-corrected chi connectivity index (χ4v) is 1.57. The smallest absolute Gasteiger partial charge is 0.316 e. The molecule has 0 aromatic carbocycles. The van der Waals surface area contributed by atoms with E-state index in [-0.39, 0.29) is 11.8 Å². The Bertz CT molecular complexity index is 198. The van der Waals surface area contributed by atoms with Crippen LogP contribution in [0.25, 0.3) is 0 Å². The van der Waals surface area contributed by atoms with Gasteiger partial charge in [-0.05, 0) is 19.3 Å². The Kier molecular flexibility index (Phi) is 2.84. The zero-order chi connectivity index (χ0) is 9.14. The summed E-state index contributed by atoms with van der Waals surface area (Å²) in [5.41, 5.74) is 0. The summed E-state index contributed by atoms with van der Waals surface area (Å²) in [7, 11) is 0. The molecular formula is C9H14O3. The van der Waals surface area contributed by atoms with Crippen molar-refractivity contribution >= 4 is 11.8 Å². The molecule has 2 atom stereocenters. The van der Waals surface area contributed by atoms with Crippen LogP contribution in [0.5, 0.6) is 0 Å². The van der Waals surface area contributed by atoms with Gasteiger partial charge in [0, 0.05) is 6.42 Å². The van der Waals surface area contributed by atoms with E-state index in [1.54, 1.807) is 6.92 Å². The first-order valence-corrected chi connectivity index (χ1v) is 4.34. The standard InChI is InChI=1S/C9H14O3/c1-3-12-9(11)7-4-6(2)5-8(7)10/h6-7H,3-5H2,1-2H3/t6-,7-/m0/s1. The SMILES string of the molecule is CCOC(=O)[C@H]1C[C@H](C)CC1=O. The van der Waals surface area contributed by atoms with Gasteiger partial charge in [0.25, 0.3) is 0 Å². The van der Waals surface area contributed by atoms with E-state index in [1.165, 1.54) is 0 Å². The van der Waals surface area contributed by atoms with E-state index in [0.29, 0.717) is 25.4 Å². The van der Waals surface area contributed by atoms with Crippen LogP contribution in [0.1, 0.15) is 26.7 Å². The second kappa shape index (κ2) is 3.70. The summed E-state index contributed by atoms with van der Waals surface area (Å²) in [6.07, 6.45) is 1.20. The van der Waals surface area contributed by atoms with E-state index < -0.39 is 5.92 Å². The highest BCUT2D eigenvalue weighted by atomic mass is 16.5. The third-order valence-electron chi connectivity index (χ3n) is 2.15. The molecule has 0 unspecified atom stereocenters. The number of hydrogen-bond donors (Lipinski definition) is 0. The van der Waals surface area contributed by atoms with Crippen molar-refractivity contribution in [2.45, 2.75) is 26.7 Å². The Labute approximate surface area is 72.1 Å². The molecule has 1 aliphatic carbocycles. The van der Waals surface area contributed by atoms with Gasteiger partial charge in [0.1, 0.15) is 11.7 Å². The van der Waals surface area contributed by atoms with Gasteiger partial charge >= 0.3 is 5.97 Å². The average Bonchev–Trinajstić information content (AvgIpc) is 2.30. The molecular weight excluding hydrogens is 156 g/mol. The molecule has 0 amide bonds. The summed E-state index contributed by atoms with van der Waals surface area (Å²) in [6.45, 7) is 4.09. The molecule has 0 aliphatic heterocycles. The molecule has 3 heteroatoms. The van der Waals surface area contributed by atoms with Gasteiger partial charge in [-0.1, -0.05) is 6.92 Å². The summed E-state index contributed by atoms with van der Waals surface area (Å²) in [4.78, 5) is 22.4. The monoisotopic (exact) mass is 170 g/mol. The van der Waals surface area contributed by atoms with E-state index in [9.17, 15) is 9.59 Å². The maximum atomic E-state index is 11.2. The molecule has 1 aliphatic rings. The molecule has 0 heterocycles. The Morgan fingerprint density at radius 1 is 1.67 bits per heavy atom. The molecule has 0 aromatic heterocycles. The highest BCUT2D eigenvalue weighted by Crippen LogP contribution is 2.27. The maximum Gasteiger partial charge on any atom is 0.316 e. The molecule has 0 spiro atoms. The highest BCUT2D eigenvalue weighted by Gasteiger charge is 2.36. The summed E-state index contributed by atoms with van der Waals surface area (Å²) in [6, 6.07) is 0. The second-order valence-electron chi connectivity index (χ2n) is 3.32. The van der Waals surface area contributed by atoms with E-state index in [1.807, 2.05) is 6.92 Å². The van der Waals surface area contributed by atoms with Crippen LogP contribution in [0.15, 0.2) is 0 Å². The summed E-state index contributed by atoms with van der Waals surface area (Å²) < 4.78 is 4.78. The minimum Gasteiger partial charge on any atom is -0.465 e. The van der Waals surface area contributed by atoms with Gasteiger partial charge in [-0.2, -0.15) is 0 Å². The van der Waals surface area contributed by atoms with Crippen LogP contribution in [-0.2, 0) is 14.3 Å². The van der Waals surface area contributed by atoms with Gasteiger partial charge in [-0.25, -0.2) is 0 Å². The van der Waals surface area contributed by atoms with E-state index in [4.69, 9.17) is 4.74 Å². The molecule has 3 nitrogen and oxygen atoms in total. The minimum atomic E-state index is -0.472. The Hall–Kier alpha value is -0.860. The molecule has 0 N–H and O–H groups in total. The molecule has 1 rings (SSSR count). The Morgan fingerprint density at radius 3 is 2.75 bits per heavy atom. The first-order valence-electron chi connectivity index (χ1n) is 4.34. The lowest BCUT2D eigenvalue weighted by molar-refractivity contribution is -0.150. The van der Waals surface area contributed by atoms with Crippen molar-refractivity contribution in [1.29, 1.82) is 0 Å². The predicted octanol–water partition coefficient (Wildman–Crippen LogP) is 1.16. The number of Topliss-reactive ketones (excluding diaryl/α,β-unsaturated/α-hetero) is 1. The number of ether oxygens (including phenoxy) is 1. The molecule has 1 fully saturated rings. The predicted molar refractivity (Wildman–Crippen MR) is 43.5 cm³/mol. The van der Waals surface area contributed by atoms with E-state index in [0.717, 1.165) is 0 Å². The number of carbonyl (C=O) groups is 2. The number of carbonyl (C=O) groups excluding carboxylic acids is 2. The molecule has 1 saturated carbocycles. The first kappa shape index (κ1) is 9.23. The van der Waals surface area contributed by atoms with Crippen LogP contribution < -0.4 is 0 Å². The van der Waals surface area contributed by atoms with Crippen molar-refractivity contribution in [3.05, 3.63) is 0 Å². The number of hydrogen-bond acceptors (Lipinski definition) is 3. The first-order chi connectivity index (χ1) is 5.65. The van der Waals surface area contributed by atoms with Crippen molar-refractivity contribution in [2.75, 3.05) is 6.61 Å². The van der Waals surface area contributed by atoms with Gasteiger partial charge in [-0.3, -0.25) is 9.59 Å². The molecule has 68 valence electrons. The summed E-state index contributed by atoms with van der Waals surface area (Å²) in [5, 5.41) is 0. The lowest BCUT2D eigenvalue weighted by Crippen LogP contribution is -2.21. The summed E-state index contributed by atoms with van der Waals surface area (Å²) in [5.74, 6) is -0.431. The van der Waals surface area contributed by atoms with Crippen molar-refractivity contribution < 1.29 is 14.3 Å². The summed E-state index contributed by atoms with van der Waals surface area (Å²) >= 11 is 0. The van der Waals surface area contributed by atoms with Gasteiger partial charge in [0.15, 0.2) is 0 Å². The van der Waals surface area contributed by atoms with Crippen molar-refractivity contribution in [3.8, 4) is 0 Å². The second-order valence-corrected chi connectivity index (χ2v) is 3.32.